The Morgan fingerprint density at radius 1 is 1.47 bits per heavy atom. The Morgan fingerprint density at radius 3 is 2.53 bits per heavy atom. The smallest absolute Gasteiger partial charge is 0.243 e. The summed E-state index contributed by atoms with van der Waals surface area (Å²) >= 11 is 0. The lowest BCUT2D eigenvalue weighted by molar-refractivity contribution is -0.123. The van der Waals surface area contributed by atoms with Gasteiger partial charge in [0, 0.05) is 5.69 Å². The fourth-order valence-electron chi connectivity index (χ4n) is 2.14. The van der Waals surface area contributed by atoms with Crippen molar-refractivity contribution in [3.8, 4) is 0 Å². The van der Waals surface area contributed by atoms with E-state index in [1.807, 2.05) is 52.0 Å². The summed E-state index contributed by atoms with van der Waals surface area (Å²) in [5, 5.41) is 3.31. The van der Waals surface area contributed by atoms with Gasteiger partial charge in [0.05, 0.1) is 0 Å². The Balaban J connectivity index is 3.06. The molecule has 0 aromatic heterocycles. The third kappa shape index (κ3) is 2.78. The zero-order valence-electron chi connectivity index (χ0n) is 11.1. The van der Waals surface area contributed by atoms with Crippen molar-refractivity contribution >= 4 is 11.6 Å². The van der Waals surface area contributed by atoms with Gasteiger partial charge >= 0.3 is 0 Å². The maximum Gasteiger partial charge on any atom is 0.243 e. The largest absolute Gasteiger partial charge is 0.371 e. The van der Waals surface area contributed by atoms with Gasteiger partial charge in [0.2, 0.25) is 5.91 Å². The van der Waals surface area contributed by atoms with Crippen LogP contribution in [0.3, 0.4) is 0 Å². The van der Waals surface area contributed by atoms with E-state index in [0.29, 0.717) is 6.42 Å². The summed E-state index contributed by atoms with van der Waals surface area (Å²) in [6, 6.07) is 7.98. The minimum atomic E-state index is -0.673. The Morgan fingerprint density at radius 2 is 2.12 bits per heavy atom. The SMILES string of the molecule is CCC(Nc1cccc(C)c1)(C(N)=O)C(C)C. The van der Waals surface area contributed by atoms with E-state index in [1.165, 1.54) is 0 Å². The molecular formula is C14H22N2O. The molecule has 1 amide bonds. The molecule has 0 aliphatic heterocycles. The fraction of sp³-hybridized carbons (Fsp3) is 0.500. The van der Waals surface area contributed by atoms with E-state index in [9.17, 15) is 4.79 Å². The number of rotatable bonds is 5. The zero-order valence-corrected chi connectivity index (χ0v) is 11.1. The number of hydrogen-bond acceptors (Lipinski definition) is 2. The van der Waals surface area contributed by atoms with Crippen LogP contribution in [0.1, 0.15) is 32.8 Å². The molecule has 3 N–H and O–H groups in total. The first-order chi connectivity index (χ1) is 7.92. The second-order valence-corrected chi connectivity index (χ2v) is 4.84. The van der Waals surface area contributed by atoms with Gasteiger partial charge in [0.25, 0.3) is 0 Å². The van der Waals surface area contributed by atoms with Gasteiger partial charge in [0.1, 0.15) is 5.54 Å². The van der Waals surface area contributed by atoms with Crippen LogP contribution < -0.4 is 11.1 Å². The van der Waals surface area contributed by atoms with Gasteiger partial charge in [-0.2, -0.15) is 0 Å². The zero-order chi connectivity index (χ0) is 13.1. The normalized spacial score (nSPS) is 14.4. The maximum atomic E-state index is 11.7. The van der Waals surface area contributed by atoms with Gasteiger partial charge in [-0.05, 0) is 37.0 Å². The van der Waals surface area contributed by atoms with E-state index in [-0.39, 0.29) is 11.8 Å². The minimum Gasteiger partial charge on any atom is -0.371 e. The third-order valence-corrected chi connectivity index (χ3v) is 3.37. The number of carbonyl (C=O) groups is 1. The molecule has 1 aromatic carbocycles. The molecule has 1 rings (SSSR count). The monoisotopic (exact) mass is 234 g/mol. The number of anilines is 1. The number of amides is 1. The molecular weight excluding hydrogens is 212 g/mol. The van der Waals surface area contributed by atoms with Gasteiger partial charge in [-0.3, -0.25) is 4.79 Å². The first kappa shape index (κ1) is 13.6. The second-order valence-electron chi connectivity index (χ2n) is 4.84. The van der Waals surface area contributed by atoms with Crippen LogP contribution in [0.4, 0.5) is 5.69 Å². The predicted molar refractivity (Wildman–Crippen MR) is 71.9 cm³/mol. The van der Waals surface area contributed by atoms with Crippen LogP contribution in [0.15, 0.2) is 24.3 Å². The predicted octanol–water partition coefficient (Wildman–Crippen LogP) is 2.70. The Bertz CT molecular complexity index is 401. The van der Waals surface area contributed by atoms with Gasteiger partial charge in [0.15, 0.2) is 0 Å². The first-order valence-corrected chi connectivity index (χ1v) is 6.07. The number of hydrogen-bond donors (Lipinski definition) is 2. The van der Waals surface area contributed by atoms with Crippen molar-refractivity contribution in [2.45, 2.75) is 39.7 Å². The van der Waals surface area contributed by atoms with Gasteiger partial charge in [-0.25, -0.2) is 0 Å². The third-order valence-electron chi connectivity index (χ3n) is 3.37. The minimum absolute atomic E-state index is 0.144. The van der Waals surface area contributed by atoms with Crippen molar-refractivity contribution in [2.75, 3.05) is 5.32 Å². The molecule has 0 saturated carbocycles. The first-order valence-electron chi connectivity index (χ1n) is 6.07. The fourth-order valence-corrected chi connectivity index (χ4v) is 2.14. The van der Waals surface area contributed by atoms with Crippen LogP contribution in [-0.2, 0) is 4.79 Å². The molecule has 0 fully saturated rings. The average Bonchev–Trinajstić information content (AvgIpc) is 2.25. The quantitative estimate of drug-likeness (QED) is 0.823. The number of nitrogens with two attached hydrogens (primary N) is 1. The Labute approximate surface area is 103 Å². The van der Waals surface area contributed by atoms with Crippen LogP contribution in [0.5, 0.6) is 0 Å². The van der Waals surface area contributed by atoms with Crippen LogP contribution in [0.25, 0.3) is 0 Å². The molecule has 94 valence electrons. The van der Waals surface area contributed by atoms with Crippen LogP contribution in [0.2, 0.25) is 0 Å². The lowest BCUT2D eigenvalue weighted by Gasteiger charge is -2.35. The summed E-state index contributed by atoms with van der Waals surface area (Å²) in [6.45, 7) is 8.03. The summed E-state index contributed by atoms with van der Waals surface area (Å²) in [6.07, 6.45) is 0.675. The molecule has 1 atom stereocenters. The summed E-state index contributed by atoms with van der Waals surface area (Å²) in [4.78, 5) is 11.7. The van der Waals surface area contributed by atoms with Crippen LogP contribution >= 0.6 is 0 Å². The summed E-state index contributed by atoms with van der Waals surface area (Å²) < 4.78 is 0. The van der Waals surface area contributed by atoms with Crippen molar-refractivity contribution in [3.63, 3.8) is 0 Å². The summed E-state index contributed by atoms with van der Waals surface area (Å²) in [5.74, 6) is -0.151. The van der Waals surface area contributed by atoms with E-state index in [2.05, 4.69) is 5.32 Å². The van der Waals surface area contributed by atoms with E-state index in [0.717, 1.165) is 11.3 Å². The molecule has 0 spiro atoms. The maximum absolute atomic E-state index is 11.7. The molecule has 17 heavy (non-hydrogen) atoms. The van der Waals surface area contributed by atoms with E-state index >= 15 is 0 Å². The van der Waals surface area contributed by atoms with Gasteiger partial charge in [-0.1, -0.05) is 32.9 Å². The molecule has 3 heteroatoms. The van der Waals surface area contributed by atoms with Crippen molar-refractivity contribution in [1.29, 1.82) is 0 Å². The number of primary amides is 1. The topological polar surface area (TPSA) is 55.1 Å². The number of aryl methyl sites for hydroxylation is 1. The molecule has 0 bridgehead atoms. The molecule has 0 heterocycles. The lowest BCUT2D eigenvalue weighted by atomic mass is 9.82. The highest BCUT2D eigenvalue weighted by Gasteiger charge is 2.37. The average molecular weight is 234 g/mol. The van der Waals surface area contributed by atoms with Crippen molar-refractivity contribution in [1.82, 2.24) is 0 Å². The molecule has 0 aliphatic rings. The van der Waals surface area contributed by atoms with Crippen molar-refractivity contribution in [2.24, 2.45) is 11.7 Å². The molecule has 1 unspecified atom stereocenters. The van der Waals surface area contributed by atoms with Gasteiger partial charge < -0.3 is 11.1 Å². The lowest BCUT2D eigenvalue weighted by Crippen LogP contribution is -2.54. The highest BCUT2D eigenvalue weighted by Crippen LogP contribution is 2.26. The summed E-state index contributed by atoms with van der Waals surface area (Å²) in [7, 11) is 0. The Kier molecular flexibility index (Phi) is 4.16. The molecule has 1 aromatic rings. The van der Waals surface area contributed by atoms with E-state index < -0.39 is 5.54 Å². The molecule has 0 saturated heterocycles. The number of benzene rings is 1. The molecule has 3 nitrogen and oxygen atoms in total. The number of carbonyl (C=O) groups excluding carboxylic acids is 1. The van der Waals surface area contributed by atoms with Gasteiger partial charge in [-0.15, -0.1) is 0 Å². The second kappa shape index (κ2) is 5.21. The molecule has 0 radical (unpaired) electrons. The van der Waals surface area contributed by atoms with Crippen LogP contribution in [0, 0.1) is 12.8 Å². The standard InChI is InChI=1S/C14H22N2O/c1-5-14(10(2)3,13(15)17)16-12-8-6-7-11(4)9-12/h6-10,16H,5H2,1-4H3,(H2,15,17). The number of nitrogens with one attached hydrogen (secondary N) is 1. The van der Waals surface area contributed by atoms with Crippen molar-refractivity contribution < 1.29 is 4.79 Å². The highest BCUT2D eigenvalue weighted by atomic mass is 16.1. The van der Waals surface area contributed by atoms with Crippen LogP contribution in [-0.4, -0.2) is 11.4 Å². The highest BCUT2D eigenvalue weighted by molar-refractivity contribution is 5.88. The summed E-state index contributed by atoms with van der Waals surface area (Å²) in [5.41, 5.74) is 7.00. The van der Waals surface area contributed by atoms with Crippen molar-refractivity contribution in [3.05, 3.63) is 29.8 Å². The van der Waals surface area contributed by atoms with E-state index in [1.54, 1.807) is 0 Å². The molecule has 0 aliphatic carbocycles. The van der Waals surface area contributed by atoms with E-state index in [4.69, 9.17) is 5.73 Å². The Hall–Kier alpha value is -1.51.